The maximum Gasteiger partial charge on any atom is 0.332 e. The highest BCUT2D eigenvalue weighted by molar-refractivity contribution is 5.76. The van der Waals surface area contributed by atoms with Crippen LogP contribution in [0.15, 0.2) is 14.1 Å². The van der Waals surface area contributed by atoms with Crippen LogP contribution in [0.3, 0.4) is 0 Å². The molecule has 0 saturated carbocycles. The number of carbonyl (C=O) groups excluding carboxylic acids is 1. The number of nitrogens with one attached hydrogen (secondary N) is 1. The molecule has 10 nitrogen and oxygen atoms in total. The Morgan fingerprint density at radius 2 is 1.87 bits per heavy atom. The summed E-state index contributed by atoms with van der Waals surface area (Å²) in [5.74, 6) is 1.70. The summed E-state index contributed by atoms with van der Waals surface area (Å²) >= 11 is 0. The number of imidazole rings is 1. The van der Waals surface area contributed by atoms with Gasteiger partial charge in [0.1, 0.15) is 17.1 Å². The number of piperidine rings is 1. The largest absolute Gasteiger partial charge is 0.361 e. The van der Waals surface area contributed by atoms with Crippen molar-refractivity contribution in [3.8, 4) is 0 Å². The Balaban J connectivity index is 1.43. The van der Waals surface area contributed by atoms with Crippen molar-refractivity contribution in [3.05, 3.63) is 43.7 Å². The lowest BCUT2D eigenvalue weighted by atomic mass is 9.95. The monoisotopic (exact) mass is 414 g/mol. The Morgan fingerprint density at radius 3 is 2.50 bits per heavy atom. The first-order valence-corrected chi connectivity index (χ1v) is 10.1. The number of likely N-dealkylation sites (tertiary alicyclic amines) is 1. The van der Waals surface area contributed by atoms with Gasteiger partial charge in [0.25, 0.3) is 5.56 Å². The minimum Gasteiger partial charge on any atom is -0.361 e. The van der Waals surface area contributed by atoms with Gasteiger partial charge in [-0.1, -0.05) is 5.16 Å². The molecule has 0 bridgehead atoms. The summed E-state index contributed by atoms with van der Waals surface area (Å²) in [6.45, 7) is 5.03. The SMILES string of the molecule is Cc1noc(C)c1CCC(=O)N1CCC(c2nc3c([nH]2)c(=O)n(C)c(=O)n3C)CC1. The summed E-state index contributed by atoms with van der Waals surface area (Å²) in [4.78, 5) is 46.6. The van der Waals surface area contributed by atoms with Crippen molar-refractivity contribution in [2.24, 2.45) is 14.1 Å². The van der Waals surface area contributed by atoms with E-state index in [1.807, 2.05) is 18.7 Å². The van der Waals surface area contributed by atoms with Crippen LogP contribution in [0.25, 0.3) is 11.2 Å². The molecular weight excluding hydrogens is 388 g/mol. The number of aromatic amines is 1. The van der Waals surface area contributed by atoms with E-state index in [4.69, 9.17) is 4.52 Å². The average Bonchev–Trinajstić information content (AvgIpc) is 3.33. The highest BCUT2D eigenvalue weighted by Crippen LogP contribution is 2.27. The van der Waals surface area contributed by atoms with Crippen molar-refractivity contribution in [1.82, 2.24) is 29.2 Å². The minimum absolute atomic E-state index is 0.115. The second-order valence-electron chi connectivity index (χ2n) is 7.98. The van der Waals surface area contributed by atoms with Crippen LogP contribution in [-0.4, -0.2) is 48.2 Å². The molecule has 3 aromatic rings. The number of hydrogen-bond donors (Lipinski definition) is 1. The predicted octanol–water partition coefficient (Wildman–Crippen LogP) is 0.904. The normalized spacial score (nSPS) is 15.3. The number of rotatable bonds is 4. The number of H-pyrrole nitrogens is 1. The molecule has 1 N–H and O–H groups in total. The molecule has 3 aromatic heterocycles. The average molecular weight is 414 g/mol. The molecule has 160 valence electrons. The molecule has 0 radical (unpaired) electrons. The fourth-order valence-electron chi connectivity index (χ4n) is 4.19. The molecule has 0 spiro atoms. The first kappa shape index (κ1) is 20.1. The van der Waals surface area contributed by atoms with Gasteiger partial charge >= 0.3 is 5.69 Å². The lowest BCUT2D eigenvalue weighted by molar-refractivity contribution is -0.132. The van der Waals surface area contributed by atoms with Crippen molar-refractivity contribution >= 4 is 17.1 Å². The Hall–Kier alpha value is -3.17. The van der Waals surface area contributed by atoms with Gasteiger partial charge in [0.05, 0.1) is 5.69 Å². The van der Waals surface area contributed by atoms with Gasteiger partial charge in [0.2, 0.25) is 5.91 Å². The van der Waals surface area contributed by atoms with Crippen LogP contribution in [0.4, 0.5) is 0 Å². The van der Waals surface area contributed by atoms with E-state index in [-0.39, 0.29) is 17.4 Å². The van der Waals surface area contributed by atoms with Crippen LogP contribution < -0.4 is 11.2 Å². The van der Waals surface area contributed by atoms with E-state index < -0.39 is 5.69 Å². The number of aryl methyl sites for hydroxylation is 3. The Kier molecular flexibility index (Phi) is 5.08. The lowest BCUT2D eigenvalue weighted by Crippen LogP contribution is -2.38. The zero-order chi connectivity index (χ0) is 21.6. The number of carbonyl (C=O) groups is 1. The van der Waals surface area contributed by atoms with E-state index in [0.29, 0.717) is 42.9 Å². The van der Waals surface area contributed by atoms with Crippen molar-refractivity contribution < 1.29 is 9.32 Å². The van der Waals surface area contributed by atoms with Crippen molar-refractivity contribution in [1.29, 1.82) is 0 Å². The van der Waals surface area contributed by atoms with E-state index in [0.717, 1.165) is 34.4 Å². The zero-order valence-corrected chi connectivity index (χ0v) is 17.7. The summed E-state index contributed by atoms with van der Waals surface area (Å²) < 4.78 is 7.62. The van der Waals surface area contributed by atoms with Gasteiger partial charge in [-0.15, -0.1) is 0 Å². The quantitative estimate of drug-likeness (QED) is 0.678. The number of aromatic nitrogens is 5. The second kappa shape index (κ2) is 7.58. The topological polar surface area (TPSA) is 119 Å². The molecule has 30 heavy (non-hydrogen) atoms. The van der Waals surface area contributed by atoms with E-state index in [1.54, 1.807) is 7.05 Å². The van der Waals surface area contributed by atoms with Gasteiger partial charge in [-0.2, -0.15) is 0 Å². The zero-order valence-electron chi connectivity index (χ0n) is 17.7. The molecule has 0 atom stereocenters. The van der Waals surface area contributed by atoms with Crippen LogP contribution >= 0.6 is 0 Å². The predicted molar refractivity (Wildman–Crippen MR) is 109 cm³/mol. The van der Waals surface area contributed by atoms with E-state index in [9.17, 15) is 14.4 Å². The first-order valence-electron chi connectivity index (χ1n) is 10.1. The molecule has 1 aliphatic heterocycles. The molecule has 4 heterocycles. The Labute approximate surface area is 172 Å². The Morgan fingerprint density at radius 1 is 1.17 bits per heavy atom. The molecule has 10 heteroatoms. The molecular formula is C20H26N6O4. The molecule has 1 aliphatic rings. The smallest absolute Gasteiger partial charge is 0.332 e. The third-order valence-electron chi connectivity index (χ3n) is 6.12. The number of nitrogens with zero attached hydrogens (tertiary/aromatic N) is 5. The summed E-state index contributed by atoms with van der Waals surface area (Å²) in [5.41, 5.74) is 1.78. The third-order valence-corrected chi connectivity index (χ3v) is 6.12. The number of fused-ring (bicyclic) bond motifs is 1. The lowest BCUT2D eigenvalue weighted by Gasteiger charge is -2.31. The third kappa shape index (κ3) is 3.35. The van der Waals surface area contributed by atoms with Crippen LogP contribution in [0, 0.1) is 13.8 Å². The highest BCUT2D eigenvalue weighted by Gasteiger charge is 2.27. The van der Waals surface area contributed by atoms with Crippen LogP contribution in [0.2, 0.25) is 0 Å². The van der Waals surface area contributed by atoms with Gasteiger partial charge in [0.15, 0.2) is 5.65 Å². The fourth-order valence-corrected chi connectivity index (χ4v) is 4.19. The summed E-state index contributed by atoms with van der Waals surface area (Å²) in [6, 6.07) is 0. The van der Waals surface area contributed by atoms with E-state index >= 15 is 0 Å². The van der Waals surface area contributed by atoms with Gasteiger partial charge in [-0.05, 0) is 33.1 Å². The molecule has 0 aromatic carbocycles. The van der Waals surface area contributed by atoms with E-state index in [2.05, 4.69) is 15.1 Å². The van der Waals surface area contributed by atoms with E-state index in [1.165, 1.54) is 11.6 Å². The molecule has 1 saturated heterocycles. The second-order valence-corrected chi connectivity index (χ2v) is 7.98. The molecule has 1 amide bonds. The van der Waals surface area contributed by atoms with Gasteiger partial charge in [-0.3, -0.25) is 18.7 Å². The van der Waals surface area contributed by atoms with Gasteiger partial charge in [0, 0.05) is 45.1 Å². The van der Waals surface area contributed by atoms with Crippen molar-refractivity contribution in [3.63, 3.8) is 0 Å². The van der Waals surface area contributed by atoms with Crippen LogP contribution in [-0.2, 0) is 25.3 Å². The first-order chi connectivity index (χ1) is 14.3. The maximum absolute atomic E-state index is 12.6. The van der Waals surface area contributed by atoms with Crippen LogP contribution in [0.5, 0.6) is 0 Å². The molecule has 0 aliphatic carbocycles. The molecule has 4 rings (SSSR count). The van der Waals surface area contributed by atoms with Crippen LogP contribution in [0.1, 0.15) is 48.0 Å². The number of hydrogen-bond acceptors (Lipinski definition) is 6. The maximum atomic E-state index is 12.6. The Bertz CT molecular complexity index is 1200. The summed E-state index contributed by atoms with van der Waals surface area (Å²) in [6.07, 6.45) is 2.56. The molecule has 1 fully saturated rings. The van der Waals surface area contributed by atoms with Crippen molar-refractivity contribution in [2.45, 2.75) is 45.4 Å². The standard InChI is InChI=1S/C20H26N6O4/c1-11-14(12(2)30-23-11)5-6-15(27)26-9-7-13(8-10-26)17-21-16-18(22-17)24(3)20(29)25(4)19(16)28/h13H,5-10H2,1-4H3,(H,21,22). The molecule has 0 unspecified atom stereocenters. The highest BCUT2D eigenvalue weighted by atomic mass is 16.5. The van der Waals surface area contributed by atoms with Gasteiger partial charge in [-0.25, -0.2) is 9.78 Å². The fraction of sp³-hybridized carbons (Fsp3) is 0.550. The summed E-state index contributed by atoms with van der Waals surface area (Å²) in [7, 11) is 3.06. The van der Waals surface area contributed by atoms with Crippen molar-refractivity contribution in [2.75, 3.05) is 13.1 Å². The van der Waals surface area contributed by atoms with Gasteiger partial charge < -0.3 is 14.4 Å². The minimum atomic E-state index is -0.399. The number of amides is 1. The summed E-state index contributed by atoms with van der Waals surface area (Å²) in [5, 5.41) is 3.94.